The third-order valence-electron chi connectivity index (χ3n) is 5.59. The molecule has 0 saturated heterocycles. The number of benzene rings is 2. The van der Waals surface area contributed by atoms with Gasteiger partial charge in [0.25, 0.3) is 5.91 Å². The second-order valence-corrected chi connectivity index (χ2v) is 8.14. The van der Waals surface area contributed by atoms with Gasteiger partial charge in [0.2, 0.25) is 0 Å². The van der Waals surface area contributed by atoms with Crippen LogP contribution in [0.15, 0.2) is 48.5 Å². The number of ether oxygens (including phenoxy) is 1. The van der Waals surface area contributed by atoms with Gasteiger partial charge >= 0.3 is 5.97 Å². The number of amides is 1. The summed E-state index contributed by atoms with van der Waals surface area (Å²) in [6.07, 6.45) is 3.15. The van der Waals surface area contributed by atoms with Crippen molar-refractivity contribution in [2.75, 3.05) is 5.32 Å². The van der Waals surface area contributed by atoms with Gasteiger partial charge in [-0.25, -0.2) is 4.79 Å². The first-order chi connectivity index (χ1) is 12.9. The van der Waals surface area contributed by atoms with Crippen LogP contribution in [-0.4, -0.2) is 21.9 Å². The fourth-order valence-electron chi connectivity index (χ4n) is 3.96. The quantitative estimate of drug-likeness (QED) is 0.420. The average molecular weight is 383 g/mol. The minimum atomic E-state index is -1.80. The molecule has 0 radical (unpaired) electrons. The molecular weight excluding hydrogens is 362 g/mol. The minimum absolute atomic E-state index is 0.195. The first kappa shape index (κ1) is 18.1. The lowest BCUT2D eigenvalue weighted by molar-refractivity contribution is -0.128. The van der Waals surface area contributed by atoms with Crippen molar-refractivity contribution >= 4 is 30.2 Å². The number of anilines is 1. The molecule has 140 valence electrons. The molecule has 1 unspecified atom stereocenters. The third-order valence-corrected chi connectivity index (χ3v) is 5.95. The molecule has 0 aromatic heterocycles. The highest BCUT2D eigenvalue weighted by atomic mass is 32.1. The van der Waals surface area contributed by atoms with Crippen LogP contribution < -0.4 is 5.32 Å². The van der Waals surface area contributed by atoms with Crippen molar-refractivity contribution in [1.82, 2.24) is 0 Å². The monoisotopic (exact) mass is 383 g/mol. The van der Waals surface area contributed by atoms with Gasteiger partial charge in [-0.15, -0.1) is 12.6 Å². The van der Waals surface area contributed by atoms with Crippen LogP contribution in [0.3, 0.4) is 0 Å². The fourth-order valence-corrected chi connectivity index (χ4v) is 4.32. The second kappa shape index (κ2) is 6.69. The Balaban J connectivity index is 1.50. The molecule has 1 amide bonds. The number of fused-ring (bicyclic) bond motifs is 1. The number of carbonyl (C=O) groups is 2. The van der Waals surface area contributed by atoms with Crippen molar-refractivity contribution in [3.63, 3.8) is 0 Å². The van der Waals surface area contributed by atoms with Crippen LogP contribution >= 0.6 is 12.6 Å². The molecule has 2 N–H and O–H groups in total. The van der Waals surface area contributed by atoms with Crippen LogP contribution in [-0.2, 0) is 21.6 Å². The van der Waals surface area contributed by atoms with Crippen LogP contribution in [0.25, 0.3) is 0 Å². The zero-order valence-electron chi connectivity index (χ0n) is 14.8. The van der Waals surface area contributed by atoms with Crippen molar-refractivity contribution in [2.45, 2.75) is 42.6 Å². The lowest BCUT2D eigenvalue weighted by Crippen LogP contribution is -2.47. The maximum Gasteiger partial charge on any atom is 0.338 e. The molecule has 6 heteroatoms. The summed E-state index contributed by atoms with van der Waals surface area (Å²) in [7, 11) is 0. The first-order valence-electron chi connectivity index (χ1n) is 9.01. The van der Waals surface area contributed by atoms with Gasteiger partial charge in [-0.05, 0) is 42.0 Å². The summed E-state index contributed by atoms with van der Waals surface area (Å²) in [5, 5.41) is 13.5. The van der Waals surface area contributed by atoms with Gasteiger partial charge in [0.1, 0.15) is 6.61 Å². The number of cyclic esters (lactones) is 1. The lowest BCUT2D eigenvalue weighted by atomic mass is 9.61. The van der Waals surface area contributed by atoms with Crippen molar-refractivity contribution in [1.29, 1.82) is 0 Å². The first-order valence-corrected chi connectivity index (χ1v) is 9.46. The van der Waals surface area contributed by atoms with E-state index in [2.05, 4.69) is 17.9 Å². The molecule has 1 fully saturated rings. The van der Waals surface area contributed by atoms with E-state index in [1.807, 2.05) is 30.3 Å². The van der Waals surface area contributed by atoms with E-state index in [-0.39, 0.29) is 24.4 Å². The van der Waals surface area contributed by atoms with Gasteiger partial charge in [0.15, 0.2) is 4.93 Å². The minimum Gasteiger partial charge on any atom is -0.457 e. The average Bonchev–Trinajstić information content (AvgIpc) is 2.99. The van der Waals surface area contributed by atoms with Crippen molar-refractivity contribution in [3.8, 4) is 0 Å². The predicted molar refractivity (Wildman–Crippen MR) is 105 cm³/mol. The number of hydrogen-bond donors (Lipinski definition) is 3. The smallest absolute Gasteiger partial charge is 0.338 e. The van der Waals surface area contributed by atoms with E-state index in [1.54, 1.807) is 18.2 Å². The fraction of sp³-hybridized carbons (Fsp3) is 0.333. The van der Waals surface area contributed by atoms with E-state index in [1.165, 1.54) is 0 Å². The van der Waals surface area contributed by atoms with E-state index < -0.39 is 10.8 Å². The number of nitrogens with one attached hydrogen (secondary N) is 1. The second-order valence-electron chi connectivity index (χ2n) is 7.40. The molecule has 5 nitrogen and oxygen atoms in total. The molecule has 1 saturated carbocycles. The van der Waals surface area contributed by atoms with E-state index in [4.69, 9.17) is 4.74 Å². The molecule has 27 heavy (non-hydrogen) atoms. The zero-order chi connectivity index (χ0) is 19.1. The summed E-state index contributed by atoms with van der Waals surface area (Å²) < 4.78 is 4.97. The molecule has 4 rings (SSSR count). The molecular formula is C21H21NO4S. The van der Waals surface area contributed by atoms with Crippen LogP contribution in [0.1, 0.15) is 47.2 Å². The molecule has 1 aliphatic heterocycles. The Bertz CT molecular complexity index is 890. The zero-order valence-corrected chi connectivity index (χ0v) is 15.7. The largest absolute Gasteiger partial charge is 0.457 e. The molecule has 1 heterocycles. The Hall–Kier alpha value is -2.31. The number of rotatable bonds is 5. The standard InChI is InChI=1S/C21H21NO4S/c23-18-17-8-7-16(11-14(17)12-26-18)22-19(24)21(25,27)13-20(9-4-10-20)15-5-2-1-3-6-15/h1-3,5-8,11,25,27H,4,9-10,12-13H2,(H,22,24). The van der Waals surface area contributed by atoms with Gasteiger partial charge in [0, 0.05) is 17.7 Å². The Morgan fingerprint density at radius 3 is 2.63 bits per heavy atom. The summed E-state index contributed by atoms with van der Waals surface area (Å²) in [5.74, 6) is -0.929. The van der Waals surface area contributed by atoms with Gasteiger partial charge in [-0.1, -0.05) is 36.8 Å². The van der Waals surface area contributed by atoms with Crippen LogP contribution in [0, 0.1) is 0 Å². The molecule has 0 bridgehead atoms. The third kappa shape index (κ3) is 3.35. The Morgan fingerprint density at radius 2 is 1.96 bits per heavy atom. The van der Waals surface area contributed by atoms with Crippen molar-refractivity contribution in [2.24, 2.45) is 0 Å². The Kier molecular flexibility index (Phi) is 4.48. The molecule has 1 atom stereocenters. The number of carbonyl (C=O) groups excluding carboxylic acids is 2. The van der Waals surface area contributed by atoms with E-state index in [0.29, 0.717) is 11.3 Å². The summed E-state index contributed by atoms with van der Waals surface area (Å²) in [5.41, 5.74) is 2.64. The summed E-state index contributed by atoms with van der Waals surface area (Å²) in [6.45, 7) is 0.195. The van der Waals surface area contributed by atoms with Crippen LogP contribution in [0.4, 0.5) is 5.69 Å². The molecule has 0 spiro atoms. The highest BCUT2D eigenvalue weighted by molar-refractivity contribution is 7.82. The van der Waals surface area contributed by atoms with Gasteiger partial charge in [0.05, 0.1) is 5.56 Å². The molecule has 2 aromatic rings. The molecule has 1 aliphatic carbocycles. The van der Waals surface area contributed by atoms with E-state index >= 15 is 0 Å². The summed E-state index contributed by atoms with van der Waals surface area (Å²) >= 11 is 4.30. The van der Waals surface area contributed by atoms with Gasteiger partial charge in [-0.2, -0.15) is 0 Å². The van der Waals surface area contributed by atoms with Crippen LogP contribution in [0.2, 0.25) is 0 Å². The topological polar surface area (TPSA) is 75.6 Å². The maximum atomic E-state index is 12.7. The Labute approximate surface area is 163 Å². The van der Waals surface area contributed by atoms with Gasteiger partial charge < -0.3 is 15.2 Å². The molecule has 2 aromatic carbocycles. The number of aliphatic hydroxyl groups is 1. The highest BCUT2D eigenvalue weighted by Gasteiger charge is 2.47. The Morgan fingerprint density at radius 1 is 1.22 bits per heavy atom. The van der Waals surface area contributed by atoms with E-state index in [9.17, 15) is 14.7 Å². The van der Waals surface area contributed by atoms with E-state index in [0.717, 1.165) is 30.4 Å². The normalized spacial score (nSPS) is 19.4. The number of esters is 1. The van der Waals surface area contributed by atoms with Crippen molar-refractivity contribution < 1.29 is 19.4 Å². The lowest BCUT2D eigenvalue weighted by Gasteiger charge is -2.45. The molecule has 2 aliphatic rings. The SMILES string of the molecule is O=C1OCc2cc(NC(=O)C(O)(S)CC3(c4ccccc4)CCC3)ccc21. The van der Waals surface area contributed by atoms with Crippen LogP contribution in [0.5, 0.6) is 0 Å². The summed E-state index contributed by atoms with van der Waals surface area (Å²) in [4.78, 5) is 22.4. The maximum absolute atomic E-state index is 12.7. The van der Waals surface area contributed by atoms with Crippen molar-refractivity contribution in [3.05, 3.63) is 65.2 Å². The highest BCUT2D eigenvalue weighted by Crippen LogP contribution is 2.49. The number of thiol groups is 1. The summed E-state index contributed by atoms with van der Waals surface area (Å²) in [6, 6.07) is 14.9. The number of hydrogen-bond acceptors (Lipinski definition) is 5. The van der Waals surface area contributed by atoms with Gasteiger partial charge in [-0.3, -0.25) is 4.79 Å². The predicted octanol–water partition coefficient (Wildman–Crippen LogP) is 3.43.